The van der Waals surface area contributed by atoms with Gasteiger partial charge in [0.25, 0.3) is 0 Å². The minimum Gasteiger partial charge on any atom is -0.385 e. The molecule has 0 spiro atoms. The highest BCUT2D eigenvalue weighted by Crippen LogP contribution is 2.26. The monoisotopic (exact) mass is 382 g/mol. The molecule has 2 unspecified atom stereocenters. The maximum absolute atomic E-state index is 5.74. The van der Waals surface area contributed by atoms with Gasteiger partial charge in [0.1, 0.15) is 0 Å². The van der Waals surface area contributed by atoms with Gasteiger partial charge >= 0.3 is 0 Å². The molecule has 0 amide bonds. The van der Waals surface area contributed by atoms with Gasteiger partial charge in [-0.25, -0.2) is 0 Å². The number of rotatable bonds is 15. The van der Waals surface area contributed by atoms with Crippen LogP contribution in [0.2, 0.25) is 24.2 Å². The molecule has 0 aromatic carbocycles. The van der Waals surface area contributed by atoms with Crippen molar-refractivity contribution < 1.29 is 9.47 Å². The average molecular weight is 383 g/mol. The van der Waals surface area contributed by atoms with Crippen LogP contribution in [0.25, 0.3) is 0 Å². The summed E-state index contributed by atoms with van der Waals surface area (Å²) in [6, 6.07) is 5.45. The van der Waals surface area contributed by atoms with Gasteiger partial charge in [0.15, 0.2) is 0 Å². The van der Waals surface area contributed by atoms with Crippen LogP contribution in [0.15, 0.2) is 0 Å². The first-order chi connectivity index (χ1) is 10.7. The normalized spacial score (nSPS) is 14.7. The topological polar surface area (TPSA) is 18.5 Å². The third-order valence-electron chi connectivity index (χ3n) is 4.81. The molecule has 6 heteroatoms. The van der Waals surface area contributed by atoms with Crippen LogP contribution in [0.1, 0.15) is 40.5 Å². The Bertz CT molecular complexity index is 216. The second-order valence-electron chi connectivity index (χ2n) is 5.92. The fourth-order valence-corrected chi connectivity index (χ4v) is 11.1. The molecule has 134 valence electrons. The second kappa shape index (κ2) is 15.6. The molecular weight excluding hydrogens is 344 g/mol. The van der Waals surface area contributed by atoms with Crippen molar-refractivity contribution in [3.63, 3.8) is 0 Å². The maximum atomic E-state index is 5.74. The van der Waals surface area contributed by atoms with Gasteiger partial charge in [-0.1, -0.05) is 73.5 Å². The Hall–Kier alpha value is 1.05. The lowest BCUT2D eigenvalue weighted by atomic mass is 10.5. The van der Waals surface area contributed by atoms with E-state index in [1.54, 1.807) is 0 Å². The zero-order valence-electron chi connectivity index (χ0n) is 15.6. The van der Waals surface area contributed by atoms with Gasteiger partial charge in [0, 0.05) is 37.2 Å². The van der Waals surface area contributed by atoms with Crippen molar-refractivity contribution in [1.82, 2.24) is 0 Å². The molecule has 0 saturated carbocycles. The van der Waals surface area contributed by atoms with E-state index in [1.807, 2.05) is 35.8 Å². The minimum absolute atomic E-state index is 0.576. The van der Waals surface area contributed by atoms with E-state index in [0.717, 1.165) is 0 Å². The van der Waals surface area contributed by atoms with E-state index in [1.165, 1.54) is 48.5 Å². The molecule has 0 rings (SSSR count). The van der Waals surface area contributed by atoms with Gasteiger partial charge in [-0.2, -0.15) is 0 Å². The van der Waals surface area contributed by atoms with Gasteiger partial charge in [-0.05, 0) is 12.8 Å². The molecule has 2 nitrogen and oxygen atoms in total. The summed E-state index contributed by atoms with van der Waals surface area (Å²) in [6.07, 6.45) is 2.48. The van der Waals surface area contributed by atoms with Crippen molar-refractivity contribution >= 4 is 39.2 Å². The van der Waals surface area contributed by atoms with Crippen LogP contribution in [-0.4, -0.2) is 54.8 Å². The Morgan fingerprint density at radius 1 is 0.682 bits per heavy atom. The van der Waals surface area contributed by atoms with Crippen molar-refractivity contribution in [2.75, 3.05) is 25.7 Å². The lowest BCUT2D eigenvalue weighted by Crippen LogP contribution is -2.32. The molecule has 0 N–H and O–H groups in total. The molecule has 2 atom stereocenters. The Kier molecular flexibility index (Phi) is 16.3. The summed E-state index contributed by atoms with van der Waals surface area (Å²) in [7, 11) is 6.53. The van der Waals surface area contributed by atoms with Crippen LogP contribution < -0.4 is 0 Å². The lowest BCUT2D eigenvalue weighted by Gasteiger charge is -2.23. The molecule has 0 aliphatic carbocycles. The highest BCUT2D eigenvalue weighted by Gasteiger charge is 2.20. The first-order valence-electron chi connectivity index (χ1n) is 8.98. The Morgan fingerprint density at radius 2 is 1.00 bits per heavy atom. The summed E-state index contributed by atoms with van der Waals surface area (Å²) >= 11 is 0. The molecule has 0 aromatic heterocycles. The Balaban J connectivity index is 3.83. The minimum atomic E-state index is -0.669. The van der Waals surface area contributed by atoms with E-state index in [0.29, 0.717) is 11.5 Å². The summed E-state index contributed by atoms with van der Waals surface area (Å²) in [6.45, 7) is 9.34. The van der Waals surface area contributed by atoms with E-state index in [9.17, 15) is 0 Å². The smallest absolute Gasteiger partial charge is 0.0711 e. The molecule has 0 aromatic rings. The van der Waals surface area contributed by atoms with Crippen LogP contribution in [0.5, 0.6) is 0 Å². The quantitative estimate of drug-likeness (QED) is 0.230. The van der Waals surface area contributed by atoms with E-state index in [4.69, 9.17) is 9.47 Å². The summed E-state index contributed by atoms with van der Waals surface area (Å²) in [4.78, 5) is 0. The standard InChI is InChI=1S/C16H38O2S2Si2/c1-7-21(8-2)15(17-5)11-13-19-20-14-12-16(18-6)22(9-3)10-4/h15-16,21-22H,7-14H2,1-6H3. The van der Waals surface area contributed by atoms with Crippen LogP contribution in [0, 0.1) is 0 Å². The highest BCUT2D eigenvalue weighted by atomic mass is 33.1. The van der Waals surface area contributed by atoms with Gasteiger partial charge in [-0.3, -0.25) is 0 Å². The summed E-state index contributed by atoms with van der Waals surface area (Å²) < 4.78 is 11.5. The van der Waals surface area contributed by atoms with Crippen LogP contribution >= 0.6 is 21.6 Å². The zero-order chi connectivity index (χ0) is 16.8. The van der Waals surface area contributed by atoms with Crippen molar-refractivity contribution in [2.24, 2.45) is 0 Å². The van der Waals surface area contributed by atoms with E-state index in [-0.39, 0.29) is 0 Å². The van der Waals surface area contributed by atoms with Crippen LogP contribution in [0.3, 0.4) is 0 Å². The van der Waals surface area contributed by atoms with Gasteiger partial charge < -0.3 is 9.47 Å². The molecule has 0 aliphatic heterocycles. The second-order valence-corrected chi connectivity index (χ2v) is 16.4. The van der Waals surface area contributed by atoms with Gasteiger partial charge in [-0.15, -0.1) is 0 Å². The predicted molar refractivity (Wildman–Crippen MR) is 112 cm³/mol. The van der Waals surface area contributed by atoms with Crippen molar-refractivity contribution in [3.8, 4) is 0 Å². The largest absolute Gasteiger partial charge is 0.385 e. The van der Waals surface area contributed by atoms with E-state index < -0.39 is 17.6 Å². The molecule has 0 aliphatic rings. The molecule has 22 heavy (non-hydrogen) atoms. The zero-order valence-corrected chi connectivity index (χ0v) is 19.5. The SMILES string of the molecule is CC[SiH](CC)C(CCSSCCC(OC)[SiH](CC)CC)OC. The summed E-state index contributed by atoms with van der Waals surface area (Å²) in [5.74, 6) is 2.46. The maximum Gasteiger partial charge on any atom is 0.0711 e. The van der Waals surface area contributed by atoms with Gasteiger partial charge in [0.2, 0.25) is 0 Å². The third-order valence-corrected chi connectivity index (χ3v) is 14.8. The number of methoxy groups -OCH3 is 2. The molecular formula is C16H38O2S2Si2. The lowest BCUT2D eigenvalue weighted by molar-refractivity contribution is 0.158. The van der Waals surface area contributed by atoms with Crippen LogP contribution in [0.4, 0.5) is 0 Å². The Morgan fingerprint density at radius 3 is 1.23 bits per heavy atom. The summed E-state index contributed by atoms with van der Waals surface area (Å²) in [5, 5.41) is 0. The average Bonchev–Trinajstić information content (AvgIpc) is 2.56. The van der Waals surface area contributed by atoms with Crippen molar-refractivity contribution in [3.05, 3.63) is 0 Å². The molecule has 0 fully saturated rings. The molecule has 0 saturated heterocycles. The molecule has 0 heterocycles. The van der Waals surface area contributed by atoms with E-state index in [2.05, 4.69) is 27.7 Å². The predicted octanol–water partition coefficient (Wildman–Crippen LogP) is 4.79. The van der Waals surface area contributed by atoms with Crippen molar-refractivity contribution in [2.45, 2.75) is 76.2 Å². The molecule has 0 bridgehead atoms. The van der Waals surface area contributed by atoms with Crippen LogP contribution in [-0.2, 0) is 9.47 Å². The Labute approximate surface area is 150 Å². The number of hydrogen-bond acceptors (Lipinski definition) is 4. The van der Waals surface area contributed by atoms with Crippen molar-refractivity contribution in [1.29, 1.82) is 0 Å². The third kappa shape index (κ3) is 9.37. The first-order valence-corrected chi connectivity index (χ1v) is 16.1. The number of ether oxygens (including phenoxy) is 2. The number of hydrogen-bond donors (Lipinski definition) is 0. The summed E-state index contributed by atoms with van der Waals surface area (Å²) in [5.41, 5.74) is 1.15. The molecule has 0 radical (unpaired) electrons. The van der Waals surface area contributed by atoms with E-state index >= 15 is 0 Å². The van der Waals surface area contributed by atoms with Gasteiger partial charge in [0.05, 0.1) is 17.6 Å². The fraction of sp³-hybridized carbons (Fsp3) is 1.00. The highest BCUT2D eigenvalue weighted by molar-refractivity contribution is 8.76. The fourth-order valence-electron chi connectivity index (χ4n) is 3.17. The first kappa shape index (κ1) is 23.1.